The van der Waals surface area contributed by atoms with Gasteiger partial charge in [-0.1, -0.05) is 46.7 Å². The maximum Gasteiger partial charge on any atom is 0.261 e. The molecule has 0 bridgehead atoms. The fourth-order valence-electron chi connectivity index (χ4n) is 4.03. The van der Waals surface area contributed by atoms with Crippen molar-refractivity contribution < 1.29 is 17.9 Å². The number of anilines is 2. The Labute approximate surface area is 218 Å². The maximum absolute atomic E-state index is 13.6. The first-order valence-corrected chi connectivity index (χ1v) is 14.2. The number of sulfonamides is 1. The predicted molar refractivity (Wildman–Crippen MR) is 144 cm³/mol. The molecule has 10 heteroatoms. The van der Waals surface area contributed by atoms with E-state index in [9.17, 15) is 13.2 Å². The van der Waals surface area contributed by atoms with Crippen molar-refractivity contribution in [2.45, 2.75) is 30.8 Å². The summed E-state index contributed by atoms with van der Waals surface area (Å²) < 4.78 is 34.7. The standard InChI is InChI=1S/C26H24ClN3O4S2/c1-17-7-13-21(14-8-17)36(32,33)29-19-11-9-18(10-12-19)25(31)30(16-20-4-3-15-34-20)26-28-24-22(27)5-2-6-23(24)35-26/h2,5-14,20,29H,3-4,15-16H2,1H3. The van der Waals surface area contributed by atoms with E-state index in [2.05, 4.69) is 9.71 Å². The molecular weight excluding hydrogens is 518 g/mol. The van der Waals surface area contributed by atoms with Gasteiger partial charge in [0, 0.05) is 17.9 Å². The van der Waals surface area contributed by atoms with Crippen molar-refractivity contribution in [3.8, 4) is 0 Å². The molecule has 0 saturated carbocycles. The van der Waals surface area contributed by atoms with Crippen molar-refractivity contribution in [3.05, 3.63) is 82.9 Å². The molecule has 2 heterocycles. The number of thiazole rings is 1. The van der Waals surface area contributed by atoms with Crippen LogP contribution < -0.4 is 9.62 Å². The summed E-state index contributed by atoms with van der Waals surface area (Å²) in [4.78, 5) is 20.1. The van der Waals surface area contributed by atoms with Crippen LogP contribution in [0, 0.1) is 6.92 Å². The van der Waals surface area contributed by atoms with E-state index in [1.165, 1.54) is 11.3 Å². The van der Waals surface area contributed by atoms with Crippen LogP contribution in [0.15, 0.2) is 71.6 Å². The minimum Gasteiger partial charge on any atom is -0.376 e. The molecule has 1 aliphatic rings. The molecule has 1 aromatic heterocycles. The van der Waals surface area contributed by atoms with Crippen LogP contribution in [0.25, 0.3) is 10.2 Å². The number of nitrogens with one attached hydrogen (secondary N) is 1. The van der Waals surface area contributed by atoms with Gasteiger partial charge in [0.05, 0.1) is 27.3 Å². The Kier molecular flexibility index (Phi) is 6.98. The molecule has 1 N–H and O–H groups in total. The highest BCUT2D eigenvalue weighted by Crippen LogP contribution is 2.34. The van der Waals surface area contributed by atoms with Crippen molar-refractivity contribution in [3.63, 3.8) is 0 Å². The van der Waals surface area contributed by atoms with Gasteiger partial charge < -0.3 is 4.74 Å². The lowest BCUT2D eigenvalue weighted by molar-refractivity contribution is 0.0917. The molecule has 1 fully saturated rings. The quantitative estimate of drug-likeness (QED) is 0.315. The van der Waals surface area contributed by atoms with E-state index in [1.807, 2.05) is 19.1 Å². The van der Waals surface area contributed by atoms with E-state index in [4.69, 9.17) is 16.3 Å². The Morgan fingerprint density at radius 3 is 2.56 bits per heavy atom. The number of fused-ring (bicyclic) bond motifs is 1. The van der Waals surface area contributed by atoms with Gasteiger partial charge in [-0.2, -0.15) is 0 Å². The Bertz CT molecular complexity index is 1500. The summed E-state index contributed by atoms with van der Waals surface area (Å²) in [7, 11) is -3.74. The van der Waals surface area contributed by atoms with Crippen molar-refractivity contribution in [1.29, 1.82) is 0 Å². The van der Waals surface area contributed by atoms with Gasteiger partial charge in [-0.05, 0) is 68.3 Å². The fraction of sp³-hybridized carbons (Fsp3) is 0.231. The average Bonchev–Trinajstić information content (AvgIpc) is 3.53. The first-order chi connectivity index (χ1) is 17.3. The SMILES string of the molecule is Cc1ccc(S(=O)(=O)Nc2ccc(C(=O)N(CC3CCCO3)c3nc4c(Cl)cccc4s3)cc2)cc1. The molecule has 5 rings (SSSR count). The van der Waals surface area contributed by atoms with Crippen LogP contribution in [-0.4, -0.2) is 38.6 Å². The van der Waals surface area contributed by atoms with Gasteiger partial charge in [-0.15, -0.1) is 0 Å². The van der Waals surface area contributed by atoms with Gasteiger partial charge in [-0.25, -0.2) is 13.4 Å². The third kappa shape index (κ3) is 5.24. The Balaban J connectivity index is 1.40. The van der Waals surface area contributed by atoms with Gasteiger partial charge in [0.25, 0.3) is 15.9 Å². The molecular formula is C26H24ClN3O4S2. The van der Waals surface area contributed by atoms with Crippen molar-refractivity contribution >= 4 is 59.9 Å². The topological polar surface area (TPSA) is 88.6 Å². The monoisotopic (exact) mass is 541 g/mol. The number of hydrogen-bond acceptors (Lipinski definition) is 6. The van der Waals surface area contributed by atoms with Gasteiger partial charge in [-0.3, -0.25) is 14.4 Å². The number of amides is 1. The normalized spacial score (nSPS) is 15.8. The molecule has 186 valence electrons. The van der Waals surface area contributed by atoms with Gasteiger partial charge in [0.15, 0.2) is 5.13 Å². The number of ether oxygens (including phenoxy) is 1. The molecule has 7 nitrogen and oxygen atoms in total. The molecule has 4 aromatic rings. The number of carbonyl (C=O) groups is 1. The van der Waals surface area contributed by atoms with Gasteiger partial charge in [0.2, 0.25) is 0 Å². The molecule has 0 radical (unpaired) electrons. The van der Waals surface area contributed by atoms with Crippen LogP contribution in [0.2, 0.25) is 5.02 Å². The molecule has 0 aliphatic carbocycles. The van der Waals surface area contributed by atoms with Crippen molar-refractivity contribution in [2.75, 3.05) is 22.8 Å². The minimum atomic E-state index is -3.74. The second-order valence-electron chi connectivity index (χ2n) is 8.63. The zero-order valence-electron chi connectivity index (χ0n) is 19.5. The molecule has 0 spiro atoms. The fourth-order valence-corrected chi connectivity index (χ4v) is 6.36. The Morgan fingerprint density at radius 2 is 1.89 bits per heavy atom. The summed E-state index contributed by atoms with van der Waals surface area (Å²) in [6.07, 6.45) is 1.75. The molecule has 3 aromatic carbocycles. The number of nitrogens with zero attached hydrogens (tertiary/aromatic N) is 2. The molecule has 1 saturated heterocycles. The molecule has 36 heavy (non-hydrogen) atoms. The number of para-hydroxylation sites is 1. The van der Waals surface area contributed by atoms with Crippen LogP contribution in [0.3, 0.4) is 0 Å². The minimum absolute atomic E-state index is 0.0722. The van der Waals surface area contributed by atoms with Crippen molar-refractivity contribution in [2.24, 2.45) is 0 Å². The van der Waals surface area contributed by atoms with E-state index < -0.39 is 10.0 Å². The van der Waals surface area contributed by atoms with E-state index in [-0.39, 0.29) is 16.9 Å². The van der Waals surface area contributed by atoms with Crippen LogP contribution in [0.5, 0.6) is 0 Å². The van der Waals surface area contributed by atoms with Crippen molar-refractivity contribution in [1.82, 2.24) is 4.98 Å². The number of hydrogen-bond donors (Lipinski definition) is 1. The van der Waals surface area contributed by atoms with E-state index in [0.29, 0.717) is 40.1 Å². The van der Waals surface area contributed by atoms with Gasteiger partial charge >= 0.3 is 0 Å². The lowest BCUT2D eigenvalue weighted by Gasteiger charge is -2.23. The Morgan fingerprint density at radius 1 is 1.14 bits per heavy atom. The van der Waals surface area contributed by atoms with E-state index >= 15 is 0 Å². The third-order valence-electron chi connectivity index (χ3n) is 5.96. The highest BCUT2D eigenvalue weighted by molar-refractivity contribution is 7.92. The number of carbonyl (C=O) groups excluding carboxylic acids is 1. The average molecular weight is 542 g/mol. The van der Waals surface area contributed by atoms with Crippen LogP contribution in [0.1, 0.15) is 28.8 Å². The third-order valence-corrected chi connectivity index (χ3v) is 8.71. The lowest BCUT2D eigenvalue weighted by atomic mass is 10.1. The lowest BCUT2D eigenvalue weighted by Crippen LogP contribution is -2.37. The molecule has 1 aliphatic heterocycles. The number of halogens is 1. The van der Waals surface area contributed by atoms with Crippen LogP contribution in [0.4, 0.5) is 10.8 Å². The molecule has 1 amide bonds. The highest BCUT2D eigenvalue weighted by Gasteiger charge is 2.27. The summed E-state index contributed by atoms with van der Waals surface area (Å²) in [5.41, 5.74) is 2.41. The molecule has 1 unspecified atom stereocenters. The first-order valence-electron chi connectivity index (χ1n) is 11.5. The second-order valence-corrected chi connectivity index (χ2v) is 11.7. The van der Waals surface area contributed by atoms with E-state index in [0.717, 1.165) is 23.1 Å². The number of aromatic nitrogens is 1. The van der Waals surface area contributed by atoms with Gasteiger partial charge in [0.1, 0.15) is 5.52 Å². The summed E-state index contributed by atoms with van der Waals surface area (Å²) in [6.45, 7) is 2.94. The summed E-state index contributed by atoms with van der Waals surface area (Å²) in [6, 6.07) is 18.5. The second kappa shape index (κ2) is 10.2. The zero-order valence-corrected chi connectivity index (χ0v) is 21.9. The smallest absolute Gasteiger partial charge is 0.261 e. The number of aryl methyl sites for hydroxylation is 1. The van der Waals surface area contributed by atoms with Crippen LogP contribution in [-0.2, 0) is 14.8 Å². The largest absolute Gasteiger partial charge is 0.376 e. The summed E-state index contributed by atoms with van der Waals surface area (Å²) >= 11 is 7.72. The van der Waals surface area contributed by atoms with Crippen LogP contribution >= 0.6 is 22.9 Å². The Hall–Kier alpha value is -2.98. The first kappa shape index (κ1) is 24.7. The summed E-state index contributed by atoms with van der Waals surface area (Å²) in [5, 5.41) is 1.08. The molecule has 1 atom stereocenters. The number of benzene rings is 3. The zero-order chi connectivity index (χ0) is 25.3. The summed E-state index contributed by atoms with van der Waals surface area (Å²) in [5.74, 6) is -0.242. The number of rotatable bonds is 7. The maximum atomic E-state index is 13.6. The van der Waals surface area contributed by atoms with E-state index in [1.54, 1.807) is 59.5 Å². The predicted octanol–water partition coefficient (Wildman–Crippen LogP) is 5.88. The highest BCUT2D eigenvalue weighted by atomic mass is 35.5.